The molecule has 6 aromatic rings. The number of aromatic nitrogens is 2. The van der Waals surface area contributed by atoms with Crippen molar-refractivity contribution in [2.24, 2.45) is 0 Å². The van der Waals surface area contributed by atoms with Crippen molar-refractivity contribution in [3.63, 3.8) is 0 Å². The second-order valence-corrected chi connectivity index (χ2v) is 11.0. The zero-order chi connectivity index (χ0) is 28.4. The molecule has 0 fully saturated rings. The molecule has 0 aliphatic carbocycles. The summed E-state index contributed by atoms with van der Waals surface area (Å²) in [6.45, 7) is 8.09. The Bertz CT molecular complexity index is 1850. The Labute approximate surface area is 236 Å². The number of nitrogens with zero attached hydrogens (tertiary/aromatic N) is 2. The maximum atomic E-state index is 13.6. The summed E-state index contributed by atoms with van der Waals surface area (Å²) in [4.78, 5) is 9.23. The van der Waals surface area contributed by atoms with Gasteiger partial charge in [0.2, 0.25) is 21.6 Å². The van der Waals surface area contributed by atoms with E-state index in [2.05, 4.69) is 23.1 Å². The number of sulfone groups is 1. The molecule has 9 heteroatoms. The van der Waals surface area contributed by atoms with Crippen molar-refractivity contribution in [3.05, 3.63) is 110 Å². The number of oxazole rings is 2. The maximum absolute atomic E-state index is 13.6. The summed E-state index contributed by atoms with van der Waals surface area (Å²) in [5, 5.41) is 0. The summed E-state index contributed by atoms with van der Waals surface area (Å²) in [6, 6.07) is 23.8. The normalized spacial score (nSPS) is 11.5. The fourth-order valence-corrected chi connectivity index (χ4v) is 5.53. The molecule has 8 nitrogen and oxygen atoms in total. The van der Waals surface area contributed by atoms with E-state index in [9.17, 15) is 8.42 Å². The Kier molecular flexibility index (Phi) is 6.86. The highest BCUT2D eigenvalue weighted by atomic mass is 32.2. The van der Waals surface area contributed by atoms with Crippen molar-refractivity contribution in [2.75, 3.05) is 13.2 Å². The molecule has 204 valence electrons. The highest BCUT2D eigenvalue weighted by molar-refractivity contribution is 7.91. The van der Waals surface area contributed by atoms with E-state index in [0.717, 1.165) is 11.1 Å². The zero-order valence-electron chi connectivity index (χ0n) is 21.8. The van der Waals surface area contributed by atoms with Crippen molar-refractivity contribution < 1.29 is 26.7 Å². The van der Waals surface area contributed by atoms with Crippen LogP contribution >= 0.6 is 0 Å². The summed E-state index contributed by atoms with van der Waals surface area (Å²) < 4.78 is 49.9. The molecule has 0 unspecified atom stereocenters. The van der Waals surface area contributed by atoms with Crippen LogP contribution in [0.1, 0.15) is 0 Å². The number of rotatable bonds is 10. The molecule has 41 heavy (non-hydrogen) atoms. The number of fused-ring (bicyclic) bond motifs is 2. The molecule has 4 aromatic carbocycles. The van der Waals surface area contributed by atoms with E-state index >= 15 is 0 Å². The molecule has 0 radical (unpaired) electrons. The summed E-state index contributed by atoms with van der Waals surface area (Å²) in [5.41, 5.74) is 3.29. The molecule has 0 spiro atoms. The fourth-order valence-electron chi connectivity index (χ4n) is 4.23. The summed E-state index contributed by atoms with van der Waals surface area (Å²) in [5.74, 6) is 2.14. The van der Waals surface area contributed by atoms with Gasteiger partial charge in [0.1, 0.15) is 35.7 Å². The van der Waals surface area contributed by atoms with E-state index in [1.807, 2.05) is 48.5 Å². The molecular weight excluding hydrogens is 540 g/mol. The van der Waals surface area contributed by atoms with Gasteiger partial charge in [0.05, 0.1) is 9.79 Å². The third-order valence-electron chi connectivity index (χ3n) is 6.28. The molecule has 0 aliphatic heterocycles. The van der Waals surface area contributed by atoms with Crippen LogP contribution in [0, 0.1) is 0 Å². The first-order valence-corrected chi connectivity index (χ1v) is 14.2. The van der Waals surface area contributed by atoms with Crippen molar-refractivity contribution in [3.8, 4) is 34.4 Å². The number of hydrogen-bond acceptors (Lipinski definition) is 8. The first-order valence-electron chi connectivity index (χ1n) is 12.7. The monoisotopic (exact) mass is 564 g/mol. The Balaban J connectivity index is 1.27. The largest absolute Gasteiger partial charge is 0.490 e. The Morgan fingerprint density at radius 2 is 1.05 bits per heavy atom. The van der Waals surface area contributed by atoms with Gasteiger partial charge in [-0.3, -0.25) is 0 Å². The molecule has 2 aromatic heterocycles. The van der Waals surface area contributed by atoms with E-state index < -0.39 is 9.84 Å². The lowest BCUT2D eigenvalue weighted by Crippen LogP contribution is -2.01. The van der Waals surface area contributed by atoms with Gasteiger partial charge in [-0.15, -0.1) is 0 Å². The highest BCUT2D eigenvalue weighted by Gasteiger charge is 2.21. The Morgan fingerprint density at radius 1 is 0.634 bits per heavy atom. The van der Waals surface area contributed by atoms with Gasteiger partial charge in [0, 0.05) is 11.1 Å². The summed E-state index contributed by atoms with van der Waals surface area (Å²) in [7, 11) is -3.87. The average molecular weight is 565 g/mol. The zero-order valence-corrected chi connectivity index (χ0v) is 22.6. The topological polar surface area (TPSA) is 105 Å². The quantitative estimate of drug-likeness (QED) is 0.160. The lowest BCUT2D eigenvalue weighted by molar-refractivity contribution is 0.363. The molecule has 0 atom stereocenters. The van der Waals surface area contributed by atoms with Crippen LogP contribution in [-0.4, -0.2) is 31.6 Å². The number of ether oxygens (including phenoxy) is 2. The van der Waals surface area contributed by atoms with Gasteiger partial charge in [0.15, 0.2) is 11.2 Å². The van der Waals surface area contributed by atoms with Crippen LogP contribution in [0.4, 0.5) is 0 Å². The molecule has 0 N–H and O–H groups in total. The van der Waals surface area contributed by atoms with Gasteiger partial charge in [-0.05, 0) is 84.9 Å². The van der Waals surface area contributed by atoms with E-state index in [4.69, 9.17) is 18.3 Å². The van der Waals surface area contributed by atoms with Crippen molar-refractivity contribution >= 4 is 32.0 Å². The van der Waals surface area contributed by atoms with Gasteiger partial charge >= 0.3 is 0 Å². The summed E-state index contributed by atoms with van der Waals surface area (Å²) >= 11 is 0. The molecule has 0 bridgehead atoms. The van der Waals surface area contributed by atoms with E-state index in [0.29, 0.717) is 58.7 Å². The molecule has 2 heterocycles. The highest BCUT2D eigenvalue weighted by Crippen LogP contribution is 2.32. The molecule has 0 saturated heterocycles. The number of benzene rings is 4. The maximum Gasteiger partial charge on any atom is 0.227 e. The first kappa shape index (κ1) is 26.1. The van der Waals surface area contributed by atoms with Gasteiger partial charge in [-0.1, -0.05) is 25.3 Å². The van der Waals surface area contributed by atoms with Crippen molar-refractivity contribution in [2.45, 2.75) is 9.79 Å². The molecule has 0 saturated carbocycles. The van der Waals surface area contributed by atoms with Crippen LogP contribution in [0.2, 0.25) is 0 Å². The first-order chi connectivity index (χ1) is 19.9. The minimum absolute atomic E-state index is 0.0937. The predicted octanol–water partition coefficient (Wildman–Crippen LogP) is 7.27. The number of hydrogen-bond donors (Lipinski definition) is 0. The van der Waals surface area contributed by atoms with Crippen LogP contribution in [0.25, 0.3) is 45.1 Å². The molecule has 0 amide bonds. The molecule has 0 aliphatic rings. The van der Waals surface area contributed by atoms with Gasteiger partial charge in [0.25, 0.3) is 0 Å². The van der Waals surface area contributed by atoms with Crippen LogP contribution in [0.5, 0.6) is 11.5 Å². The van der Waals surface area contributed by atoms with E-state index in [1.54, 1.807) is 24.3 Å². The van der Waals surface area contributed by atoms with Crippen LogP contribution < -0.4 is 9.47 Å². The Hall–Kier alpha value is -5.15. The van der Waals surface area contributed by atoms with Crippen molar-refractivity contribution in [1.82, 2.24) is 9.97 Å². The van der Waals surface area contributed by atoms with Crippen LogP contribution in [0.15, 0.2) is 129 Å². The smallest absolute Gasteiger partial charge is 0.227 e. The van der Waals surface area contributed by atoms with Crippen LogP contribution in [-0.2, 0) is 9.84 Å². The SMILES string of the molecule is C=CCOc1ccc(-c2nc3cc(S(=O)(=O)c4ccc5oc(-c6ccc(OCC=C)cc6)nc5c4)ccc3o2)cc1. The molecular formula is C32H24N2O6S. The van der Waals surface area contributed by atoms with Gasteiger partial charge in [-0.2, -0.15) is 0 Å². The predicted molar refractivity (Wildman–Crippen MR) is 156 cm³/mol. The fraction of sp³-hybridized carbons (Fsp3) is 0.0625. The minimum atomic E-state index is -3.87. The second-order valence-electron chi connectivity index (χ2n) is 9.05. The standard InChI is InChI=1S/C32H24N2O6S/c1-3-17-37-23-9-5-21(6-10-23)31-33-27-19-25(13-15-29(27)39-31)41(35,36)26-14-16-30-28(20-26)34-32(40-30)22-7-11-24(12-8-22)38-18-4-2/h3-16,19-20H,1-2,17-18H2. The third-order valence-corrected chi connectivity index (χ3v) is 8.03. The lowest BCUT2D eigenvalue weighted by atomic mass is 10.2. The average Bonchev–Trinajstić information content (AvgIpc) is 3.63. The van der Waals surface area contributed by atoms with Gasteiger partial charge in [-0.25, -0.2) is 18.4 Å². The molecule has 6 rings (SSSR count). The third kappa shape index (κ3) is 5.22. The van der Waals surface area contributed by atoms with Crippen LogP contribution in [0.3, 0.4) is 0 Å². The van der Waals surface area contributed by atoms with Gasteiger partial charge < -0.3 is 18.3 Å². The van der Waals surface area contributed by atoms with Crippen molar-refractivity contribution in [1.29, 1.82) is 0 Å². The minimum Gasteiger partial charge on any atom is -0.490 e. The Morgan fingerprint density at radius 3 is 1.44 bits per heavy atom. The second kappa shape index (κ2) is 10.8. The van der Waals surface area contributed by atoms with E-state index in [-0.39, 0.29) is 9.79 Å². The van der Waals surface area contributed by atoms with E-state index in [1.165, 1.54) is 24.3 Å². The lowest BCUT2D eigenvalue weighted by Gasteiger charge is -2.04. The summed E-state index contributed by atoms with van der Waals surface area (Å²) in [6.07, 6.45) is 3.34.